The second-order valence-electron chi connectivity index (χ2n) is 6.99. The molecule has 0 aliphatic carbocycles. The van der Waals surface area contributed by atoms with Crippen LogP contribution in [0.4, 0.5) is 10.5 Å². The van der Waals surface area contributed by atoms with Crippen molar-refractivity contribution in [2.24, 2.45) is 11.8 Å². The van der Waals surface area contributed by atoms with Gasteiger partial charge in [-0.25, -0.2) is 4.79 Å². The van der Waals surface area contributed by atoms with Crippen LogP contribution in [0.25, 0.3) is 0 Å². The van der Waals surface area contributed by atoms with Crippen LogP contribution in [-0.4, -0.2) is 24.8 Å². The van der Waals surface area contributed by atoms with E-state index in [1.807, 2.05) is 45.0 Å². The molecular formula is C19H28N2O2. The Hall–Kier alpha value is -2.15. The summed E-state index contributed by atoms with van der Waals surface area (Å²) in [6.45, 7) is 11.2. The molecule has 0 aliphatic heterocycles. The zero-order chi connectivity index (χ0) is 17.5. The predicted octanol–water partition coefficient (Wildman–Crippen LogP) is 3.88. The van der Waals surface area contributed by atoms with Gasteiger partial charge in [-0.1, -0.05) is 25.8 Å². The maximum Gasteiger partial charge on any atom is 0.407 e. The molecule has 0 radical (unpaired) electrons. The average Bonchev–Trinajstić information content (AvgIpc) is 2.45. The van der Waals surface area contributed by atoms with E-state index >= 15 is 0 Å². The normalized spacial score (nSPS) is 12.4. The Bertz CT molecular complexity index is 553. The topological polar surface area (TPSA) is 50.4 Å². The van der Waals surface area contributed by atoms with E-state index in [1.165, 1.54) is 0 Å². The lowest BCUT2D eigenvalue weighted by atomic mass is 9.95. The van der Waals surface area contributed by atoms with Gasteiger partial charge >= 0.3 is 6.09 Å². The van der Waals surface area contributed by atoms with E-state index in [0.29, 0.717) is 12.5 Å². The summed E-state index contributed by atoms with van der Waals surface area (Å²) in [7, 11) is 0. The number of carbonyl (C=O) groups excluding carboxylic acids is 1. The molecule has 0 saturated heterocycles. The number of anilines is 1. The molecule has 4 nitrogen and oxygen atoms in total. The largest absolute Gasteiger partial charge is 0.444 e. The van der Waals surface area contributed by atoms with Crippen molar-refractivity contribution in [2.45, 2.75) is 40.2 Å². The maximum absolute atomic E-state index is 11.8. The fraction of sp³-hybridized carbons (Fsp3) is 0.526. The molecule has 1 unspecified atom stereocenters. The lowest BCUT2D eigenvalue weighted by Crippen LogP contribution is -2.38. The lowest BCUT2D eigenvalue weighted by molar-refractivity contribution is 0.0516. The van der Waals surface area contributed by atoms with Crippen molar-refractivity contribution in [3.05, 3.63) is 29.8 Å². The number of hydrogen-bond acceptors (Lipinski definition) is 3. The Morgan fingerprint density at radius 2 is 2.00 bits per heavy atom. The summed E-state index contributed by atoms with van der Waals surface area (Å²) in [5.41, 5.74) is 1.36. The standard InChI is InChI=1S/C19H28N2O2/c1-7-15-9-8-10-17(11-15)20-12-16(14(2)3)13-21-18(22)23-19(4,5)6/h1,8-11,14,16,20H,12-13H2,2-6H3,(H,21,22). The van der Waals surface area contributed by atoms with Crippen LogP contribution < -0.4 is 10.6 Å². The Morgan fingerprint density at radius 3 is 2.57 bits per heavy atom. The third kappa shape index (κ3) is 7.60. The van der Waals surface area contributed by atoms with E-state index in [0.717, 1.165) is 17.8 Å². The Morgan fingerprint density at radius 1 is 1.30 bits per heavy atom. The van der Waals surface area contributed by atoms with Gasteiger partial charge in [-0.05, 0) is 50.8 Å². The molecule has 0 aromatic heterocycles. The van der Waals surface area contributed by atoms with Gasteiger partial charge in [0.05, 0.1) is 0 Å². The summed E-state index contributed by atoms with van der Waals surface area (Å²) < 4.78 is 5.27. The summed E-state index contributed by atoms with van der Waals surface area (Å²) >= 11 is 0. The monoisotopic (exact) mass is 316 g/mol. The Kier molecular flexibility index (Phi) is 6.96. The molecule has 2 N–H and O–H groups in total. The molecule has 1 rings (SSSR count). The van der Waals surface area contributed by atoms with Gasteiger partial charge in [0.25, 0.3) is 0 Å². The highest BCUT2D eigenvalue weighted by molar-refractivity contribution is 5.67. The minimum atomic E-state index is -0.481. The first-order valence-corrected chi connectivity index (χ1v) is 7.98. The van der Waals surface area contributed by atoms with E-state index < -0.39 is 5.60 Å². The number of carbonyl (C=O) groups is 1. The second kappa shape index (κ2) is 8.47. The summed E-state index contributed by atoms with van der Waals surface area (Å²) in [6, 6.07) is 7.76. The highest BCUT2D eigenvalue weighted by atomic mass is 16.6. The predicted molar refractivity (Wildman–Crippen MR) is 95.4 cm³/mol. The molecular weight excluding hydrogens is 288 g/mol. The first-order valence-electron chi connectivity index (χ1n) is 7.98. The minimum absolute atomic E-state index is 0.289. The molecule has 0 saturated carbocycles. The van der Waals surface area contributed by atoms with Crippen LogP contribution in [0, 0.1) is 24.2 Å². The number of amides is 1. The fourth-order valence-corrected chi connectivity index (χ4v) is 2.04. The van der Waals surface area contributed by atoms with Crippen molar-refractivity contribution in [1.29, 1.82) is 0 Å². The van der Waals surface area contributed by atoms with E-state index in [1.54, 1.807) is 0 Å². The van der Waals surface area contributed by atoms with E-state index in [9.17, 15) is 4.79 Å². The first-order chi connectivity index (χ1) is 10.7. The molecule has 0 bridgehead atoms. The van der Waals surface area contributed by atoms with Crippen LogP contribution >= 0.6 is 0 Å². The minimum Gasteiger partial charge on any atom is -0.444 e. The van der Waals surface area contributed by atoms with E-state index in [2.05, 4.69) is 30.4 Å². The molecule has 126 valence electrons. The van der Waals surface area contributed by atoms with Crippen molar-refractivity contribution in [2.75, 3.05) is 18.4 Å². The zero-order valence-corrected chi connectivity index (χ0v) is 14.8. The molecule has 23 heavy (non-hydrogen) atoms. The molecule has 4 heteroatoms. The average molecular weight is 316 g/mol. The Balaban J connectivity index is 2.52. The van der Waals surface area contributed by atoms with Gasteiger partial charge in [-0.15, -0.1) is 6.42 Å². The molecule has 1 aromatic rings. The van der Waals surface area contributed by atoms with Crippen LogP contribution in [0.1, 0.15) is 40.2 Å². The molecule has 0 heterocycles. The third-order valence-corrected chi connectivity index (χ3v) is 3.45. The van der Waals surface area contributed by atoms with Crippen molar-refractivity contribution in [3.8, 4) is 12.3 Å². The van der Waals surface area contributed by atoms with Gasteiger partial charge in [0, 0.05) is 24.3 Å². The third-order valence-electron chi connectivity index (χ3n) is 3.45. The Labute approximate surface area is 140 Å². The van der Waals surface area contributed by atoms with Gasteiger partial charge < -0.3 is 15.4 Å². The summed E-state index contributed by atoms with van der Waals surface area (Å²) in [5.74, 6) is 3.34. The quantitative estimate of drug-likeness (QED) is 0.783. The van der Waals surface area contributed by atoms with Crippen molar-refractivity contribution in [1.82, 2.24) is 5.32 Å². The van der Waals surface area contributed by atoms with Crippen molar-refractivity contribution < 1.29 is 9.53 Å². The molecule has 1 amide bonds. The van der Waals surface area contributed by atoms with Crippen LogP contribution in [0.5, 0.6) is 0 Å². The molecule has 0 spiro atoms. The first kappa shape index (κ1) is 18.9. The zero-order valence-electron chi connectivity index (χ0n) is 14.8. The van der Waals surface area contributed by atoms with Gasteiger partial charge in [0.15, 0.2) is 0 Å². The van der Waals surface area contributed by atoms with Crippen LogP contribution in [-0.2, 0) is 4.74 Å². The van der Waals surface area contributed by atoms with Gasteiger partial charge in [0.1, 0.15) is 5.60 Å². The highest BCUT2D eigenvalue weighted by Crippen LogP contribution is 2.15. The highest BCUT2D eigenvalue weighted by Gasteiger charge is 2.19. The summed E-state index contributed by atoms with van der Waals surface area (Å²) in [6.07, 6.45) is 5.04. The van der Waals surface area contributed by atoms with Crippen LogP contribution in [0.15, 0.2) is 24.3 Å². The maximum atomic E-state index is 11.8. The second-order valence-corrected chi connectivity index (χ2v) is 6.99. The summed E-state index contributed by atoms with van der Waals surface area (Å²) in [4.78, 5) is 11.8. The number of hydrogen-bond donors (Lipinski definition) is 2. The van der Waals surface area contributed by atoms with Crippen molar-refractivity contribution >= 4 is 11.8 Å². The van der Waals surface area contributed by atoms with Crippen LogP contribution in [0.3, 0.4) is 0 Å². The van der Waals surface area contributed by atoms with Crippen molar-refractivity contribution in [3.63, 3.8) is 0 Å². The van der Waals surface area contributed by atoms with Gasteiger partial charge in [-0.2, -0.15) is 0 Å². The SMILES string of the molecule is C#Cc1cccc(NCC(CNC(=O)OC(C)(C)C)C(C)C)c1. The van der Waals surface area contributed by atoms with Gasteiger partial charge in [0.2, 0.25) is 0 Å². The molecule has 1 atom stereocenters. The number of alkyl carbamates (subject to hydrolysis) is 1. The molecule has 1 aromatic carbocycles. The molecule has 0 aliphatic rings. The fourth-order valence-electron chi connectivity index (χ4n) is 2.04. The number of terminal acetylenes is 1. The summed E-state index contributed by atoms with van der Waals surface area (Å²) in [5, 5.41) is 6.23. The number of benzene rings is 1. The van der Waals surface area contributed by atoms with Gasteiger partial charge in [-0.3, -0.25) is 0 Å². The number of rotatable bonds is 6. The molecule has 0 fully saturated rings. The van der Waals surface area contributed by atoms with E-state index in [4.69, 9.17) is 11.2 Å². The number of nitrogens with one attached hydrogen (secondary N) is 2. The van der Waals surface area contributed by atoms with E-state index in [-0.39, 0.29) is 12.0 Å². The van der Waals surface area contributed by atoms with Crippen LogP contribution in [0.2, 0.25) is 0 Å². The number of ether oxygens (including phenoxy) is 1. The smallest absolute Gasteiger partial charge is 0.407 e. The lowest BCUT2D eigenvalue weighted by Gasteiger charge is -2.24.